The lowest BCUT2D eigenvalue weighted by atomic mass is 9.96. The second kappa shape index (κ2) is 6.60. The third-order valence-electron chi connectivity index (χ3n) is 2.97. The first-order valence-corrected chi connectivity index (χ1v) is 6.29. The zero-order valence-electron chi connectivity index (χ0n) is 10.3. The molecule has 1 aromatic heterocycles. The molecule has 1 saturated carbocycles. The quantitative estimate of drug-likeness (QED) is 0.361. The molecule has 0 saturated heterocycles. The Labute approximate surface area is 107 Å². The van der Waals surface area contributed by atoms with Crippen LogP contribution in [0.25, 0.3) is 0 Å². The van der Waals surface area contributed by atoms with E-state index in [2.05, 4.69) is 20.6 Å². The van der Waals surface area contributed by atoms with Gasteiger partial charge in [-0.15, -0.1) is 0 Å². The zero-order valence-corrected chi connectivity index (χ0v) is 10.3. The van der Waals surface area contributed by atoms with Crippen LogP contribution in [0.5, 0.6) is 0 Å². The number of anilines is 1. The van der Waals surface area contributed by atoms with Gasteiger partial charge in [-0.25, -0.2) is 9.98 Å². The van der Waals surface area contributed by atoms with Crippen LogP contribution in [0.15, 0.2) is 29.4 Å². The van der Waals surface area contributed by atoms with Gasteiger partial charge in [0.2, 0.25) is 5.96 Å². The summed E-state index contributed by atoms with van der Waals surface area (Å²) in [6.45, 7) is 0. The van der Waals surface area contributed by atoms with E-state index < -0.39 is 0 Å². The molecule has 0 aliphatic heterocycles. The lowest BCUT2D eigenvalue weighted by Gasteiger charge is -2.19. The van der Waals surface area contributed by atoms with Crippen molar-refractivity contribution >= 4 is 11.8 Å². The van der Waals surface area contributed by atoms with Crippen LogP contribution in [-0.2, 0) is 0 Å². The van der Waals surface area contributed by atoms with Gasteiger partial charge in [-0.2, -0.15) is 5.26 Å². The Bertz CT molecular complexity index is 428. The van der Waals surface area contributed by atoms with E-state index in [9.17, 15) is 0 Å². The van der Waals surface area contributed by atoms with Gasteiger partial charge in [0, 0.05) is 6.20 Å². The molecule has 0 bridgehead atoms. The number of nitrogens with zero attached hydrogens (tertiary/aromatic N) is 3. The van der Waals surface area contributed by atoms with Gasteiger partial charge >= 0.3 is 0 Å². The summed E-state index contributed by atoms with van der Waals surface area (Å²) in [7, 11) is 0. The normalized spacial score (nSPS) is 16.9. The summed E-state index contributed by atoms with van der Waals surface area (Å²) >= 11 is 0. The number of hydrogen-bond donors (Lipinski definition) is 2. The molecule has 0 unspecified atom stereocenters. The molecule has 0 amide bonds. The third-order valence-corrected chi connectivity index (χ3v) is 2.97. The Morgan fingerprint density at radius 3 is 2.83 bits per heavy atom. The molecule has 5 heteroatoms. The molecule has 5 nitrogen and oxygen atoms in total. The predicted octanol–water partition coefficient (Wildman–Crippen LogP) is 2.25. The summed E-state index contributed by atoms with van der Waals surface area (Å²) in [5, 5.41) is 14.4. The van der Waals surface area contributed by atoms with Crippen LogP contribution in [0, 0.1) is 11.5 Å². The van der Waals surface area contributed by atoms with E-state index in [0.29, 0.717) is 17.8 Å². The van der Waals surface area contributed by atoms with Crippen molar-refractivity contribution in [3.8, 4) is 6.19 Å². The molecule has 1 heterocycles. The number of aliphatic imine (C=N–C) groups is 1. The van der Waals surface area contributed by atoms with Crippen LogP contribution in [-0.4, -0.2) is 17.0 Å². The third kappa shape index (κ3) is 3.74. The highest BCUT2D eigenvalue weighted by Crippen LogP contribution is 2.20. The summed E-state index contributed by atoms with van der Waals surface area (Å²) in [5.41, 5.74) is 0. The van der Waals surface area contributed by atoms with E-state index in [1.807, 2.05) is 24.4 Å². The standard InChI is InChI=1S/C13H17N5/c14-10-16-13(17-11-6-2-1-3-7-11)18-12-8-4-5-9-15-12/h4-5,8-9,11H,1-3,6-7H2,(H2,15,16,17,18). The fraction of sp³-hybridized carbons (Fsp3) is 0.462. The monoisotopic (exact) mass is 243 g/mol. The second-order valence-electron chi connectivity index (χ2n) is 4.35. The van der Waals surface area contributed by atoms with Gasteiger partial charge in [0.15, 0.2) is 6.19 Å². The fourth-order valence-corrected chi connectivity index (χ4v) is 2.10. The van der Waals surface area contributed by atoms with Crippen molar-refractivity contribution in [2.24, 2.45) is 4.99 Å². The molecule has 2 rings (SSSR count). The van der Waals surface area contributed by atoms with E-state index in [0.717, 1.165) is 12.8 Å². The molecule has 1 aromatic rings. The minimum absolute atomic E-state index is 0.311. The Hall–Kier alpha value is -2.09. The van der Waals surface area contributed by atoms with Crippen molar-refractivity contribution in [3.05, 3.63) is 24.4 Å². The van der Waals surface area contributed by atoms with Crippen LogP contribution in [0.3, 0.4) is 0 Å². The van der Waals surface area contributed by atoms with Gasteiger partial charge in [0.1, 0.15) is 5.82 Å². The van der Waals surface area contributed by atoms with E-state index in [4.69, 9.17) is 5.26 Å². The maximum absolute atomic E-state index is 8.74. The Morgan fingerprint density at radius 2 is 2.17 bits per heavy atom. The average molecular weight is 243 g/mol. The van der Waals surface area contributed by atoms with Crippen LogP contribution in [0.4, 0.5) is 5.82 Å². The molecule has 18 heavy (non-hydrogen) atoms. The Balaban J connectivity index is 2.03. The average Bonchev–Trinajstić information content (AvgIpc) is 2.41. The largest absolute Gasteiger partial charge is 0.310 e. The highest BCUT2D eigenvalue weighted by molar-refractivity contribution is 5.93. The first-order valence-electron chi connectivity index (χ1n) is 6.29. The smallest absolute Gasteiger partial charge is 0.210 e. The predicted molar refractivity (Wildman–Crippen MR) is 70.9 cm³/mol. The number of nitriles is 1. The molecule has 0 aromatic carbocycles. The van der Waals surface area contributed by atoms with Crippen molar-refractivity contribution in [2.75, 3.05) is 5.32 Å². The maximum Gasteiger partial charge on any atom is 0.210 e. The SMILES string of the molecule is N#CNC(=NC1CCCCC1)Nc1ccccn1. The van der Waals surface area contributed by atoms with Crippen molar-refractivity contribution in [1.29, 1.82) is 5.26 Å². The molecule has 1 aliphatic carbocycles. The molecule has 94 valence electrons. The topological polar surface area (TPSA) is 73.1 Å². The molecule has 0 spiro atoms. The van der Waals surface area contributed by atoms with Gasteiger partial charge in [0.25, 0.3) is 0 Å². The highest BCUT2D eigenvalue weighted by Gasteiger charge is 2.13. The number of nitrogens with one attached hydrogen (secondary N) is 2. The molecular formula is C13H17N5. The van der Waals surface area contributed by atoms with Gasteiger partial charge in [0.05, 0.1) is 6.04 Å². The summed E-state index contributed by atoms with van der Waals surface area (Å²) in [4.78, 5) is 8.71. The summed E-state index contributed by atoms with van der Waals surface area (Å²) in [6, 6.07) is 5.89. The van der Waals surface area contributed by atoms with Crippen molar-refractivity contribution in [2.45, 2.75) is 38.1 Å². The first kappa shape index (κ1) is 12.4. The molecule has 1 aliphatic rings. The van der Waals surface area contributed by atoms with E-state index >= 15 is 0 Å². The zero-order chi connectivity index (χ0) is 12.6. The van der Waals surface area contributed by atoms with Crippen molar-refractivity contribution in [1.82, 2.24) is 10.3 Å². The van der Waals surface area contributed by atoms with E-state index in [1.165, 1.54) is 19.3 Å². The van der Waals surface area contributed by atoms with Gasteiger partial charge in [-0.3, -0.25) is 5.32 Å². The second-order valence-corrected chi connectivity index (χ2v) is 4.35. The number of pyridine rings is 1. The molecular weight excluding hydrogens is 226 g/mol. The number of aromatic nitrogens is 1. The molecule has 0 radical (unpaired) electrons. The summed E-state index contributed by atoms with van der Waals surface area (Å²) in [5.74, 6) is 1.18. The lowest BCUT2D eigenvalue weighted by Crippen LogP contribution is -2.29. The van der Waals surface area contributed by atoms with Crippen LogP contribution in [0.1, 0.15) is 32.1 Å². The summed E-state index contributed by atoms with van der Waals surface area (Å²) < 4.78 is 0. The van der Waals surface area contributed by atoms with E-state index in [1.54, 1.807) is 6.20 Å². The lowest BCUT2D eigenvalue weighted by molar-refractivity contribution is 0.443. The maximum atomic E-state index is 8.74. The molecule has 0 atom stereocenters. The number of hydrogen-bond acceptors (Lipinski definition) is 3. The highest BCUT2D eigenvalue weighted by atomic mass is 15.2. The van der Waals surface area contributed by atoms with Gasteiger partial charge < -0.3 is 5.32 Å². The Kier molecular flexibility index (Phi) is 4.53. The van der Waals surface area contributed by atoms with Crippen molar-refractivity contribution < 1.29 is 0 Å². The van der Waals surface area contributed by atoms with E-state index in [-0.39, 0.29) is 0 Å². The molecule has 2 N–H and O–H groups in total. The first-order chi connectivity index (χ1) is 8.88. The van der Waals surface area contributed by atoms with Crippen molar-refractivity contribution in [3.63, 3.8) is 0 Å². The minimum Gasteiger partial charge on any atom is -0.310 e. The molecule has 1 fully saturated rings. The van der Waals surface area contributed by atoms with Gasteiger partial charge in [-0.1, -0.05) is 25.3 Å². The van der Waals surface area contributed by atoms with Crippen LogP contribution >= 0.6 is 0 Å². The van der Waals surface area contributed by atoms with Crippen LogP contribution in [0.2, 0.25) is 0 Å². The summed E-state index contributed by atoms with van der Waals surface area (Å²) in [6.07, 6.45) is 9.54. The fourth-order valence-electron chi connectivity index (χ4n) is 2.10. The van der Waals surface area contributed by atoms with Gasteiger partial charge in [-0.05, 0) is 25.0 Å². The van der Waals surface area contributed by atoms with Crippen LogP contribution < -0.4 is 10.6 Å². The number of guanidine groups is 1. The Morgan fingerprint density at radius 1 is 1.33 bits per heavy atom. The minimum atomic E-state index is 0.311. The number of rotatable bonds is 2.